The lowest BCUT2D eigenvalue weighted by atomic mass is 10.1. The topological polar surface area (TPSA) is 292 Å². The van der Waals surface area contributed by atoms with Gasteiger partial charge in [-0.2, -0.15) is 8.88 Å². The number of imidazole rings is 1. The molecule has 20 nitrogen and oxygen atoms in total. The van der Waals surface area contributed by atoms with E-state index < -0.39 is 77.9 Å². The highest BCUT2D eigenvalue weighted by Gasteiger charge is 2.50. The van der Waals surface area contributed by atoms with Crippen molar-refractivity contribution in [2.24, 2.45) is 0 Å². The highest BCUT2D eigenvalue weighted by molar-refractivity contribution is 7.61. The number of nitrogens with zero attached hydrogens (tertiary/aromatic N) is 5. The number of carbonyl (C=O) groups excluding carboxylic acids is 1. The molecule has 8 N–H and O–H groups in total. The molecule has 22 heteroatoms. The van der Waals surface area contributed by atoms with E-state index in [0.29, 0.717) is 5.56 Å². The summed E-state index contributed by atoms with van der Waals surface area (Å²) in [7, 11) is -10.7. The first-order valence-corrected chi connectivity index (χ1v) is 15.8. The van der Waals surface area contributed by atoms with Crippen LogP contribution in [0.15, 0.2) is 37.2 Å². The zero-order chi connectivity index (χ0) is 32.0. The van der Waals surface area contributed by atoms with Crippen molar-refractivity contribution in [1.82, 2.24) is 19.5 Å². The number of ketones is 1. The lowest BCUT2D eigenvalue weighted by Gasteiger charge is -2.20. The Morgan fingerprint density at radius 1 is 1.00 bits per heavy atom. The molecule has 44 heavy (non-hydrogen) atoms. The van der Waals surface area contributed by atoms with Gasteiger partial charge < -0.3 is 45.4 Å². The van der Waals surface area contributed by atoms with Crippen LogP contribution in [0.5, 0.6) is 0 Å². The Balaban J connectivity index is 1.16. The number of hydrogen-bond acceptors (Lipinski definition) is 16. The van der Waals surface area contributed by atoms with Crippen LogP contribution in [0.2, 0.25) is 0 Å². The molecule has 5 heterocycles. The van der Waals surface area contributed by atoms with E-state index in [9.17, 15) is 44.1 Å². The molecule has 5 rings (SSSR count). The van der Waals surface area contributed by atoms with Crippen molar-refractivity contribution in [3.8, 4) is 0 Å². The zero-order valence-corrected chi connectivity index (χ0v) is 24.4. The summed E-state index contributed by atoms with van der Waals surface area (Å²) in [4.78, 5) is 43.6. The van der Waals surface area contributed by atoms with Gasteiger partial charge >= 0.3 is 15.6 Å². The Morgan fingerprint density at radius 2 is 1.64 bits per heavy atom. The summed E-state index contributed by atoms with van der Waals surface area (Å²) in [5.41, 5.74) is 6.41. The number of aliphatic hydroxyl groups excluding tert-OH is 4. The van der Waals surface area contributed by atoms with Crippen LogP contribution in [0.1, 0.15) is 29.7 Å². The third kappa shape index (κ3) is 6.73. The largest absolute Gasteiger partial charge is 0.481 e. The minimum absolute atomic E-state index is 0.0547. The molecular weight excluding hydrogens is 634 g/mol. The molecule has 0 saturated carbocycles. The maximum absolute atomic E-state index is 12.4. The average molecular weight is 663 g/mol. The SMILES string of the molecule is CC(=O)c1ccc[n+]([C@@H]2O[C@H](COP(=O)(O)OP(=O)(O)OC[C@H]3O[C@@H](n4cnc5c(N)ncnc54)[C@H](O)[C@@H]3O)[C@@H](O)[C@H]2O)c1. The second kappa shape index (κ2) is 12.5. The maximum Gasteiger partial charge on any atom is 0.481 e. The first-order chi connectivity index (χ1) is 20.7. The number of aliphatic hydroxyl groups is 4. The van der Waals surface area contributed by atoms with Gasteiger partial charge in [0.1, 0.15) is 42.4 Å². The quantitative estimate of drug-likeness (QED) is 0.0669. The van der Waals surface area contributed by atoms with E-state index in [1.807, 2.05) is 0 Å². The normalized spacial score (nSPS) is 31.6. The van der Waals surface area contributed by atoms with Gasteiger partial charge in [0.05, 0.1) is 25.1 Å². The Hall–Kier alpha value is -2.81. The number of rotatable bonds is 11. The number of phosphoric acid groups is 2. The van der Waals surface area contributed by atoms with Gasteiger partial charge in [0, 0.05) is 6.07 Å². The lowest BCUT2D eigenvalue weighted by molar-refractivity contribution is -0.765. The van der Waals surface area contributed by atoms with E-state index in [1.54, 1.807) is 0 Å². The molecule has 0 radical (unpaired) electrons. The van der Waals surface area contributed by atoms with E-state index in [-0.39, 0.29) is 22.8 Å². The number of carbonyl (C=O) groups is 1. The fourth-order valence-electron chi connectivity index (χ4n) is 4.64. The lowest BCUT2D eigenvalue weighted by Crippen LogP contribution is -2.46. The summed E-state index contributed by atoms with van der Waals surface area (Å²) in [6, 6.07) is 3.04. The van der Waals surface area contributed by atoms with E-state index in [1.165, 1.54) is 46.9 Å². The fourth-order valence-corrected chi connectivity index (χ4v) is 6.73. The number of ether oxygens (including phenoxy) is 2. The van der Waals surface area contributed by atoms with Crippen LogP contribution in [-0.2, 0) is 32.0 Å². The molecule has 2 aliphatic heterocycles. The van der Waals surface area contributed by atoms with Crippen LogP contribution in [0.25, 0.3) is 11.2 Å². The number of phosphoric ester groups is 2. The first kappa shape index (κ1) is 32.6. The first-order valence-electron chi connectivity index (χ1n) is 12.8. The molecule has 3 aromatic rings. The van der Waals surface area contributed by atoms with Gasteiger partial charge in [0.2, 0.25) is 0 Å². The van der Waals surface area contributed by atoms with E-state index in [2.05, 4.69) is 19.3 Å². The Morgan fingerprint density at radius 3 is 2.30 bits per heavy atom. The number of fused-ring (bicyclic) bond motifs is 1. The monoisotopic (exact) mass is 663 g/mol. The Kier molecular flexibility index (Phi) is 9.28. The van der Waals surface area contributed by atoms with Crippen molar-refractivity contribution in [3.63, 3.8) is 0 Å². The predicted molar refractivity (Wildman–Crippen MR) is 141 cm³/mol. The minimum Gasteiger partial charge on any atom is -0.387 e. The third-order valence-electron chi connectivity index (χ3n) is 6.87. The van der Waals surface area contributed by atoms with Crippen molar-refractivity contribution in [1.29, 1.82) is 0 Å². The zero-order valence-electron chi connectivity index (χ0n) is 22.7. The summed E-state index contributed by atoms with van der Waals surface area (Å²) in [6.07, 6.45) is -6.47. The second-order valence-corrected chi connectivity index (χ2v) is 12.9. The third-order valence-corrected chi connectivity index (χ3v) is 9.47. The van der Waals surface area contributed by atoms with Gasteiger partial charge in [-0.05, 0) is 13.0 Å². The smallest absolute Gasteiger partial charge is 0.387 e. The van der Waals surface area contributed by atoms with E-state index in [4.69, 9.17) is 24.3 Å². The van der Waals surface area contributed by atoms with Gasteiger partial charge in [-0.1, -0.05) is 0 Å². The van der Waals surface area contributed by atoms with Crippen molar-refractivity contribution in [2.45, 2.75) is 56.0 Å². The molecule has 240 valence electrons. The summed E-state index contributed by atoms with van der Waals surface area (Å²) < 4.78 is 52.2. The van der Waals surface area contributed by atoms with Gasteiger partial charge in [0.15, 0.2) is 42.0 Å². The maximum atomic E-state index is 12.4. The molecule has 0 amide bonds. The van der Waals surface area contributed by atoms with Gasteiger partial charge in [-0.3, -0.25) is 18.4 Å². The number of anilines is 1. The number of hydrogen-bond donors (Lipinski definition) is 7. The van der Waals surface area contributed by atoms with E-state index in [0.717, 1.165) is 6.33 Å². The second-order valence-electron chi connectivity index (χ2n) is 9.88. The molecular formula is C22H29N6O14P2+. The van der Waals surface area contributed by atoms with Crippen molar-refractivity contribution in [3.05, 3.63) is 42.7 Å². The van der Waals surface area contributed by atoms with Crippen LogP contribution >= 0.6 is 15.6 Å². The molecule has 10 atom stereocenters. The van der Waals surface area contributed by atoms with Crippen LogP contribution in [-0.4, -0.2) is 105 Å². The number of nitrogens with two attached hydrogens (primary N) is 1. The minimum atomic E-state index is -5.36. The molecule has 2 saturated heterocycles. The number of aromatic nitrogens is 5. The van der Waals surface area contributed by atoms with Crippen molar-refractivity contribution >= 4 is 38.4 Å². The molecule has 2 unspecified atom stereocenters. The van der Waals surface area contributed by atoms with Crippen LogP contribution < -0.4 is 10.3 Å². The van der Waals surface area contributed by atoms with Crippen molar-refractivity contribution < 1.29 is 71.5 Å². The molecule has 0 aliphatic carbocycles. The summed E-state index contributed by atoms with van der Waals surface area (Å²) >= 11 is 0. The van der Waals surface area contributed by atoms with Crippen molar-refractivity contribution in [2.75, 3.05) is 18.9 Å². The van der Waals surface area contributed by atoms with Crippen LogP contribution in [0.3, 0.4) is 0 Å². The molecule has 0 spiro atoms. The van der Waals surface area contributed by atoms with Gasteiger partial charge in [-0.25, -0.2) is 24.1 Å². The molecule has 2 fully saturated rings. The standard InChI is InChI=1S/C22H28N6O14P2/c1-10(29)11-3-2-4-27(5-11)21-17(32)15(30)12(40-21)6-38-43(34,35)42-44(36,37)39-7-13-16(31)18(33)22(41-13)28-9-26-14-19(23)24-8-25-20(14)28/h2-5,8-9,12-13,15-18,21-22,30-33H,6-7H2,1H3,(H3-,23,24,25,34,35,36,37)/p+1/t12-,13-,15-,16-,17-,18-,21-,22-/m1/s1. The average Bonchev–Trinajstić information content (AvgIpc) is 3.61. The van der Waals surface area contributed by atoms with Crippen LogP contribution in [0.4, 0.5) is 5.82 Å². The Labute approximate surface area is 247 Å². The summed E-state index contributed by atoms with van der Waals surface area (Å²) in [6.45, 7) is -0.430. The number of nitrogen functional groups attached to an aromatic ring is 1. The Bertz CT molecular complexity index is 1630. The number of Topliss-reactive ketones (excluding diaryl/α,β-unsaturated/α-hetero) is 1. The fraction of sp³-hybridized carbons (Fsp3) is 0.500. The molecule has 0 bridgehead atoms. The summed E-state index contributed by atoms with van der Waals surface area (Å²) in [5, 5.41) is 41.7. The molecule has 3 aromatic heterocycles. The molecule has 0 aromatic carbocycles. The predicted octanol–water partition coefficient (Wildman–Crippen LogP) is -1.91. The molecule has 2 aliphatic rings. The summed E-state index contributed by atoms with van der Waals surface area (Å²) in [5.74, 6) is -0.210. The number of pyridine rings is 1. The highest BCUT2D eigenvalue weighted by Crippen LogP contribution is 2.60. The highest BCUT2D eigenvalue weighted by atomic mass is 31.3. The van der Waals surface area contributed by atoms with Gasteiger partial charge in [0.25, 0.3) is 6.23 Å². The van der Waals surface area contributed by atoms with E-state index >= 15 is 0 Å². The van der Waals surface area contributed by atoms with Gasteiger partial charge in [-0.15, -0.1) is 0 Å². The van der Waals surface area contributed by atoms with Crippen LogP contribution in [0, 0.1) is 0 Å².